The van der Waals surface area contributed by atoms with Crippen LogP contribution in [0.4, 0.5) is 0 Å². The van der Waals surface area contributed by atoms with Crippen molar-refractivity contribution in [3.63, 3.8) is 0 Å². The summed E-state index contributed by atoms with van der Waals surface area (Å²) in [5, 5.41) is 0. The van der Waals surface area contributed by atoms with Crippen LogP contribution in [0.1, 0.15) is 24.9 Å². The van der Waals surface area contributed by atoms with E-state index >= 15 is 0 Å². The number of halogens is 1. The van der Waals surface area contributed by atoms with Crippen LogP contribution < -0.4 is 5.73 Å². The summed E-state index contributed by atoms with van der Waals surface area (Å²) in [6.45, 7) is 1.95. The third kappa shape index (κ3) is 4.69. The second kappa shape index (κ2) is 7.03. The van der Waals surface area contributed by atoms with E-state index < -0.39 is 0 Å². The number of benzene rings is 1. The molecular formula is C12H16BrNO2S. The van der Waals surface area contributed by atoms with E-state index in [2.05, 4.69) is 20.7 Å². The van der Waals surface area contributed by atoms with Crippen molar-refractivity contribution < 1.29 is 9.53 Å². The SMILES string of the molecule is COC(=O)CCSc1ccc([C@@H](C)N)c(Br)c1. The van der Waals surface area contributed by atoms with Crippen LogP contribution in [0.25, 0.3) is 0 Å². The predicted molar refractivity (Wildman–Crippen MR) is 74.1 cm³/mol. The van der Waals surface area contributed by atoms with Gasteiger partial charge in [-0.2, -0.15) is 0 Å². The van der Waals surface area contributed by atoms with Crippen LogP contribution in [-0.2, 0) is 9.53 Å². The first-order valence-electron chi connectivity index (χ1n) is 5.29. The molecule has 0 aliphatic heterocycles. The topological polar surface area (TPSA) is 52.3 Å². The molecule has 1 atom stereocenters. The largest absolute Gasteiger partial charge is 0.469 e. The lowest BCUT2D eigenvalue weighted by Gasteiger charge is -2.10. The van der Waals surface area contributed by atoms with Gasteiger partial charge in [0.05, 0.1) is 13.5 Å². The molecule has 0 aromatic heterocycles. The van der Waals surface area contributed by atoms with E-state index in [1.54, 1.807) is 11.8 Å². The normalized spacial score (nSPS) is 12.2. The van der Waals surface area contributed by atoms with Gasteiger partial charge in [0.2, 0.25) is 0 Å². The molecule has 0 amide bonds. The zero-order valence-corrected chi connectivity index (χ0v) is 12.3. The smallest absolute Gasteiger partial charge is 0.306 e. The second-order valence-electron chi connectivity index (χ2n) is 3.65. The van der Waals surface area contributed by atoms with Crippen molar-refractivity contribution in [1.82, 2.24) is 0 Å². The van der Waals surface area contributed by atoms with Crippen molar-refractivity contribution in [1.29, 1.82) is 0 Å². The number of carbonyl (C=O) groups is 1. The summed E-state index contributed by atoms with van der Waals surface area (Å²) in [7, 11) is 1.40. The highest BCUT2D eigenvalue weighted by atomic mass is 79.9. The maximum absolute atomic E-state index is 11.0. The molecule has 2 N–H and O–H groups in total. The van der Waals surface area contributed by atoms with Crippen molar-refractivity contribution >= 4 is 33.7 Å². The lowest BCUT2D eigenvalue weighted by atomic mass is 10.1. The highest BCUT2D eigenvalue weighted by molar-refractivity contribution is 9.10. The average Bonchev–Trinajstić information content (AvgIpc) is 2.28. The lowest BCUT2D eigenvalue weighted by Crippen LogP contribution is -2.05. The average molecular weight is 318 g/mol. The van der Waals surface area contributed by atoms with Gasteiger partial charge in [0.1, 0.15) is 0 Å². The number of hydrogen-bond acceptors (Lipinski definition) is 4. The highest BCUT2D eigenvalue weighted by Gasteiger charge is 2.06. The number of esters is 1. The standard InChI is InChI=1S/C12H16BrNO2S/c1-8(14)10-4-3-9(7-11(10)13)17-6-5-12(15)16-2/h3-4,7-8H,5-6,14H2,1-2H3/t8-/m1/s1. The van der Waals surface area contributed by atoms with Gasteiger partial charge in [0.15, 0.2) is 0 Å². The fourth-order valence-corrected chi connectivity index (χ4v) is 3.08. The Bertz CT molecular complexity index is 396. The van der Waals surface area contributed by atoms with E-state index in [0.29, 0.717) is 6.42 Å². The Kier molecular flexibility index (Phi) is 6.02. The predicted octanol–water partition coefficient (Wildman–Crippen LogP) is 3.12. The van der Waals surface area contributed by atoms with Gasteiger partial charge in [-0.3, -0.25) is 4.79 Å². The fourth-order valence-electron chi connectivity index (χ4n) is 1.32. The number of hydrogen-bond donors (Lipinski definition) is 1. The van der Waals surface area contributed by atoms with Crippen LogP contribution in [0.2, 0.25) is 0 Å². The number of thioether (sulfide) groups is 1. The minimum atomic E-state index is -0.177. The van der Waals surface area contributed by atoms with Crippen LogP contribution in [0, 0.1) is 0 Å². The van der Waals surface area contributed by atoms with Gasteiger partial charge in [0, 0.05) is 21.2 Å². The fraction of sp³-hybridized carbons (Fsp3) is 0.417. The molecular weight excluding hydrogens is 302 g/mol. The molecule has 5 heteroatoms. The van der Waals surface area contributed by atoms with Crippen molar-refractivity contribution in [3.8, 4) is 0 Å². The first kappa shape index (κ1) is 14.5. The molecule has 0 fully saturated rings. The number of ether oxygens (including phenoxy) is 1. The summed E-state index contributed by atoms with van der Waals surface area (Å²) in [6.07, 6.45) is 0.424. The van der Waals surface area contributed by atoms with E-state index in [-0.39, 0.29) is 12.0 Å². The lowest BCUT2D eigenvalue weighted by molar-refractivity contribution is -0.140. The van der Waals surface area contributed by atoms with Gasteiger partial charge in [-0.25, -0.2) is 0 Å². The summed E-state index contributed by atoms with van der Waals surface area (Å²) in [5.41, 5.74) is 6.91. The molecule has 1 aromatic rings. The monoisotopic (exact) mass is 317 g/mol. The van der Waals surface area contributed by atoms with Crippen LogP contribution in [0.15, 0.2) is 27.6 Å². The van der Waals surface area contributed by atoms with Crippen molar-refractivity contribution in [2.75, 3.05) is 12.9 Å². The molecule has 0 heterocycles. The van der Waals surface area contributed by atoms with Crippen LogP contribution in [-0.4, -0.2) is 18.8 Å². The summed E-state index contributed by atoms with van der Waals surface area (Å²) >= 11 is 5.12. The molecule has 1 rings (SSSR count). The number of nitrogens with two attached hydrogens (primary N) is 1. The van der Waals surface area contributed by atoms with Gasteiger partial charge in [0.25, 0.3) is 0 Å². The quantitative estimate of drug-likeness (QED) is 0.669. The minimum absolute atomic E-state index is 0.0125. The first-order chi connectivity index (χ1) is 8.04. The van der Waals surface area contributed by atoms with Crippen LogP contribution in [0.3, 0.4) is 0 Å². The minimum Gasteiger partial charge on any atom is -0.469 e. The molecule has 94 valence electrons. The van der Waals surface area contributed by atoms with Gasteiger partial charge >= 0.3 is 5.97 Å². The summed E-state index contributed by atoms with van der Waals surface area (Å²) in [4.78, 5) is 12.1. The number of methoxy groups -OCH3 is 1. The van der Waals surface area contributed by atoms with Crippen molar-refractivity contribution in [3.05, 3.63) is 28.2 Å². The molecule has 0 spiro atoms. The molecule has 0 radical (unpaired) electrons. The van der Waals surface area contributed by atoms with Crippen molar-refractivity contribution in [2.24, 2.45) is 5.73 Å². The summed E-state index contributed by atoms with van der Waals surface area (Å²) in [5.74, 6) is 0.542. The Morgan fingerprint density at radius 2 is 2.29 bits per heavy atom. The first-order valence-corrected chi connectivity index (χ1v) is 7.07. The molecule has 0 saturated carbocycles. The van der Waals surface area contributed by atoms with Crippen LogP contribution >= 0.6 is 27.7 Å². The zero-order chi connectivity index (χ0) is 12.8. The second-order valence-corrected chi connectivity index (χ2v) is 5.67. The molecule has 0 aliphatic rings. The van der Waals surface area contributed by atoms with Gasteiger partial charge in [-0.15, -0.1) is 11.8 Å². The summed E-state index contributed by atoms with van der Waals surface area (Å²) < 4.78 is 5.59. The van der Waals surface area contributed by atoms with E-state index in [0.717, 1.165) is 20.7 Å². The summed E-state index contributed by atoms with van der Waals surface area (Å²) in [6, 6.07) is 6.07. The van der Waals surface area contributed by atoms with Crippen LogP contribution in [0.5, 0.6) is 0 Å². The maximum atomic E-state index is 11.0. The number of rotatable bonds is 5. The van der Waals surface area contributed by atoms with Crippen molar-refractivity contribution in [2.45, 2.75) is 24.3 Å². The molecule has 0 bridgehead atoms. The van der Waals surface area contributed by atoms with Gasteiger partial charge in [-0.1, -0.05) is 22.0 Å². The third-order valence-electron chi connectivity index (χ3n) is 2.27. The van der Waals surface area contributed by atoms with E-state index in [9.17, 15) is 4.79 Å². The molecule has 17 heavy (non-hydrogen) atoms. The number of carbonyl (C=O) groups excluding carboxylic acids is 1. The van der Waals surface area contributed by atoms with E-state index in [1.165, 1.54) is 7.11 Å². The molecule has 0 aliphatic carbocycles. The van der Waals surface area contributed by atoms with Gasteiger partial charge in [-0.05, 0) is 24.6 Å². The molecule has 0 saturated heterocycles. The Labute approximate surface area is 114 Å². The zero-order valence-electron chi connectivity index (χ0n) is 9.90. The van der Waals surface area contributed by atoms with E-state index in [4.69, 9.17) is 5.73 Å². The highest BCUT2D eigenvalue weighted by Crippen LogP contribution is 2.28. The molecule has 3 nitrogen and oxygen atoms in total. The Morgan fingerprint density at radius 1 is 1.59 bits per heavy atom. The Balaban J connectivity index is 2.56. The van der Waals surface area contributed by atoms with E-state index in [1.807, 2.05) is 25.1 Å². The maximum Gasteiger partial charge on any atom is 0.306 e. The Morgan fingerprint density at radius 3 is 2.82 bits per heavy atom. The third-order valence-corrected chi connectivity index (χ3v) is 3.95. The molecule has 0 unspecified atom stereocenters. The molecule has 1 aromatic carbocycles. The van der Waals surface area contributed by atoms with Gasteiger partial charge < -0.3 is 10.5 Å². The Hall–Kier alpha value is -0.520.